The highest BCUT2D eigenvalue weighted by atomic mass is 79.9. The summed E-state index contributed by atoms with van der Waals surface area (Å²) in [6.07, 6.45) is 8.19. The summed E-state index contributed by atoms with van der Waals surface area (Å²) in [4.78, 5) is 18.5. The van der Waals surface area contributed by atoms with E-state index in [4.69, 9.17) is 13.9 Å². The number of hydrogen-bond acceptors (Lipinski definition) is 11. The van der Waals surface area contributed by atoms with Crippen LogP contribution in [0.2, 0.25) is 0 Å². The summed E-state index contributed by atoms with van der Waals surface area (Å²) in [5.74, 6) is 1.25. The van der Waals surface area contributed by atoms with E-state index in [9.17, 15) is 8.42 Å². The Bertz CT molecular complexity index is 1620. The third-order valence-electron chi connectivity index (χ3n) is 5.25. The number of ether oxygens (including phenoxy) is 2. The zero-order valence-corrected chi connectivity index (χ0v) is 30.6. The molecular weight excluding hydrogens is 712 g/mol. The van der Waals surface area contributed by atoms with E-state index in [1.54, 1.807) is 18.7 Å². The van der Waals surface area contributed by atoms with Gasteiger partial charge in [-0.15, -0.1) is 23.1 Å². The van der Waals surface area contributed by atoms with Crippen molar-refractivity contribution in [2.24, 2.45) is 0 Å². The van der Waals surface area contributed by atoms with Crippen molar-refractivity contribution in [1.82, 2.24) is 24.7 Å². The fourth-order valence-corrected chi connectivity index (χ4v) is 5.44. The van der Waals surface area contributed by atoms with Crippen LogP contribution in [0.4, 0.5) is 5.82 Å². The second-order valence-corrected chi connectivity index (χ2v) is 12.6. The van der Waals surface area contributed by atoms with Crippen molar-refractivity contribution in [3.8, 4) is 23.0 Å². The van der Waals surface area contributed by atoms with Crippen molar-refractivity contribution in [1.29, 1.82) is 0 Å². The van der Waals surface area contributed by atoms with Crippen LogP contribution in [-0.4, -0.2) is 47.8 Å². The number of hydrogen-bond donors (Lipinski definition) is 2. The van der Waals surface area contributed by atoms with E-state index in [-0.39, 0.29) is 37.5 Å². The van der Waals surface area contributed by atoms with Crippen molar-refractivity contribution in [3.63, 3.8) is 0 Å². The summed E-state index contributed by atoms with van der Waals surface area (Å²) in [5.41, 5.74) is 1.06. The van der Waals surface area contributed by atoms with Gasteiger partial charge in [0.25, 0.3) is 0 Å². The first kappa shape index (κ1) is 38.7. The molecule has 4 aromatic heterocycles. The van der Waals surface area contributed by atoms with Gasteiger partial charge in [-0.2, -0.15) is 13.1 Å². The van der Waals surface area contributed by atoms with Gasteiger partial charge in [-0.25, -0.2) is 19.9 Å². The molecule has 0 amide bonds. The average molecular weight is 752 g/mol. The molecule has 0 bridgehead atoms. The normalized spacial score (nSPS) is 10.2. The lowest BCUT2D eigenvalue weighted by molar-refractivity contribution is 0.201. The molecule has 0 spiro atoms. The van der Waals surface area contributed by atoms with Gasteiger partial charge in [0.15, 0.2) is 5.82 Å². The lowest BCUT2D eigenvalue weighted by Crippen LogP contribution is -2.30. The predicted octanol–water partition coefficient (Wildman–Crippen LogP) is 8.02. The molecule has 0 aliphatic rings. The number of halogens is 1. The monoisotopic (exact) mass is 750 g/mol. The topological polar surface area (TPSA) is 141 Å². The minimum absolute atomic E-state index is 0.0814. The van der Waals surface area contributed by atoms with Gasteiger partial charge in [0.2, 0.25) is 5.88 Å². The van der Waals surface area contributed by atoms with Crippen molar-refractivity contribution >= 4 is 55.1 Å². The van der Waals surface area contributed by atoms with Crippen LogP contribution in [0.5, 0.6) is 11.9 Å². The SMILES string of the molecule is CC.CC.CSc1cnc(OCCOc2ncnc(NS(=O)(=O)NCc3cccs3)c2-c2ccc(Br)cc2)nc1.Cc1ccco1. The van der Waals surface area contributed by atoms with Gasteiger partial charge < -0.3 is 13.9 Å². The fraction of sp³-hybridized carbons (Fsp3) is 0.290. The molecule has 0 fully saturated rings. The molecule has 5 aromatic rings. The summed E-state index contributed by atoms with van der Waals surface area (Å²) in [5, 5.41) is 1.88. The Kier molecular flexibility index (Phi) is 17.9. The number of anilines is 1. The predicted molar refractivity (Wildman–Crippen MR) is 190 cm³/mol. The lowest BCUT2D eigenvalue weighted by atomic mass is 10.1. The Morgan fingerprint density at radius 1 is 0.935 bits per heavy atom. The number of thioether (sulfide) groups is 1. The van der Waals surface area contributed by atoms with Gasteiger partial charge in [0.05, 0.1) is 11.8 Å². The standard InChI is InChI=1S/C22H21BrN6O4S3.C5H6O.2C2H6/c1-34-18-11-24-22(25-12-18)33-9-8-32-21-19(15-4-6-16(23)7-5-15)20(26-14-27-21)29-36(30,31)28-13-17-3-2-10-35-17;1-5-3-2-4-6-5;2*1-2/h2-7,10-12,14,28H,8-9,13H2,1H3,(H,26,27,29);2-4H,1H3;2*1-2H3. The third kappa shape index (κ3) is 13.5. The average Bonchev–Trinajstić information content (AvgIpc) is 3.79. The van der Waals surface area contributed by atoms with E-state index in [2.05, 4.69) is 45.3 Å². The molecule has 0 aliphatic heterocycles. The Morgan fingerprint density at radius 3 is 2.20 bits per heavy atom. The largest absolute Gasteiger partial charge is 0.473 e. The fourth-order valence-electron chi connectivity index (χ4n) is 3.29. The van der Waals surface area contributed by atoms with E-state index < -0.39 is 10.2 Å². The molecule has 2 N–H and O–H groups in total. The van der Waals surface area contributed by atoms with Crippen LogP contribution < -0.4 is 18.9 Å². The quantitative estimate of drug-likeness (QED) is 0.0951. The molecule has 1 aromatic carbocycles. The molecule has 5 rings (SSSR count). The summed E-state index contributed by atoms with van der Waals surface area (Å²) >= 11 is 6.41. The molecule has 248 valence electrons. The number of nitrogens with one attached hydrogen (secondary N) is 2. The van der Waals surface area contributed by atoms with Crippen LogP contribution in [0.25, 0.3) is 11.1 Å². The summed E-state index contributed by atoms with van der Waals surface area (Å²) in [6.45, 7) is 10.4. The smallest absolute Gasteiger partial charge is 0.316 e. The van der Waals surface area contributed by atoms with Gasteiger partial charge in [-0.05, 0) is 54.5 Å². The van der Waals surface area contributed by atoms with Gasteiger partial charge in [0.1, 0.15) is 25.3 Å². The molecule has 0 saturated carbocycles. The van der Waals surface area contributed by atoms with E-state index >= 15 is 0 Å². The lowest BCUT2D eigenvalue weighted by Gasteiger charge is -2.16. The van der Waals surface area contributed by atoms with E-state index in [1.165, 1.54) is 29.4 Å². The van der Waals surface area contributed by atoms with E-state index in [0.717, 1.165) is 20.0 Å². The molecule has 0 saturated heterocycles. The highest BCUT2D eigenvalue weighted by Crippen LogP contribution is 2.35. The molecule has 46 heavy (non-hydrogen) atoms. The number of thiophene rings is 1. The van der Waals surface area contributed by atoms with Crippen molar-refractivity contribution in [3.05, 3.63) is 94.0 Å². The van der Waals surface area contributed by atoms with Gasteiger partial charge in [-0.1, -0.05) is 61.8 Å². The van der Waals surface area contributed by atoms with Crippen LogP contribution in [0.3, 0.4) is 0 Å². The number of furan rings is 1. The van der Waals surface area contributed by atoms with Crippen LogP contribution in [0.1, 0.15) is 38.3 Å². The van der Waals surface area contributed by atoms with E-state index in [0.29, 0.717) is 11.1 Å². The molecular formula is C31H39BrN6O5S3. The highest BCUT2D eigenvalue weighted by Gasteiger charge is 2.20. The summed E-state index contributed by atoms with van der Waals surface area (Å²) < 4.78 is 47.6. The minimum Gasteiger partial charge on any atom is -0.473 e. The van der Waals surface area contributed by atoms with Crippen LogP contribution in [0, 0.1) is 6.92 Å². The van der Waals surface area contributed by atoms with Gasteiger partial charge in [0, 0.05) is 33.2 Å². The van der Waals surface area contributed by atoms with Crippen molar-refractivity contribution < 1.29 is 22.3 Å². The Balaban J connectivity index is 0.000000642. The zero-order chi connectivity index (χ0) is 33.8. The van der Waals surface area contributed by atoms with Crippen molar-refractivity contribution in [2.75, 3.05) is 24.2 Å². The molecule has 11 nitrogen and oxygen atoms in total. The number of aromatic nitrogens is 4. The van der Waals surface area contributed by atoms with Crippen LogP contribution in [-0.2, 0) is 16.8 Å². The second-order valence-electron chi connectivity index (χ2n) is 8.24. The van der Waals surface area contributed by atoms with Crippen LogP contribution in [0.15, 0.2) is 92.7 Å². The zero-order valence-electron chi connectivity index (χ0n) is 26.6. The molecule has 0 atom stereocenters. The Morgan fingerprint density at radius 2 is 1.63 bits per heavy atom. The maximum Gasteiger partial charge on any atom is 0.316 e. The molecule has 0 unspecified atom stereocenters. The Labute approximate surface area is 287 Å². The first-order chi connectivity index (χ1) is 22.3. The minimum atomic E-state index is -3.92. The summed E-state index contributed by atoms with van der Waals surface area (Å²) in [6, 6.07) is 15.0. The molecule has 15 heteroatoms. The number of aryl methyl sites for hydroxylation is 1. The van der Waals surface area contributed by atoms with Crippen LogP contribution >= 0.6 is 39.0 Å². The second kappa shape index (κ2) is 21.3. The maximum atomic E-state index is 12.7. The first-order valence-corrected chi connectivity index (χ1v) is 18.7. The first-order valence-electron chi connectivity index (χ1n) is 14.4. The van der Waals surface area contributed by atoms with Gasteiger partial charge in [-0.3, -0.25) is 4.72 Å². The molecule has 0 aliphatic carbocycles. The highest BCUT2D eigenvalue weighted by molar-refractivity contribution is 9.10. The number of rotatable bonds is 12. The number of nitrogens with zero attached hydrogens (tertiary/aromatic N) is 4. The summed E-state index contributed by atoms with van der Waals surface area (Å²) in [7, 11) is -3.92. The molecule has 4 heterocycles. The van der Waals surface area contributed by atoms with E-state index in [1.807, 2.05) is 94.8 Å². The Hall–Kier alpha value is -3.50. The molecule has 0 radical (unpaired) electrons. The third-order valence-corrected chi connectivity index (χ3v) is 8.32. The number of benzene rings is 1. The van der Waals surface area contributed by atoms with Gasteiger partial charge >= 0.3 is 16.2 Å². The maximum absolute atomic E-state index is 12.7. The van der Waals surface area contributed by atoms with Crippen molar-refractivity contribution in [2.45, 2.75) is 46.1 Å².